The molecule has 0 aromatic heterocycles. The normalized spacial score (nSPS) is 16.0. The number of methoxy groups -OCH3 is 1. The van der Waals surface area contributed by atoms with Crippen molar-refractivity contribution in [3.8, 4) is 5.75 Å². The second-order valence-electron chi connectivity index (χ2n) is 5.83. The Labute approximate surface area is 147 Å². The highest BCUT2D eigenvalue weighted by atomic mass is 35.5. The van der Waals surface area contributed by atoms with Crippen molar-refractivity contribution in [1.29, 1.82) is 0 Å². The number of amides is 1. The van der Waals surface area contributed by atoms with Crippen molar-refractivity contribution >= 4 is 27.5 Å². The average Bonchev–Trinajstić information content (AvgIpc) is 2.53. The van der Waals surface area contributed by atoms with Gasteiger partial charge in [-0.05, 0) is 38.1 Å². The topological polar surface area (TPSA) is 87.7 Å². The summed E-state index contributed by atoms with van der Waals surface area (Å²) in [5, 5.41) is 3.34. The Morgan fingerprint density at radius 3 is 2.50 bits per heavy atom. The number of carbonyl (C=O) groups excluding carboxylic acids is 1. The first kappa shape index (κ1) is 19.0. The fourth-order valence-electron chi connectivity index (χ4n) is 2.60. The van der Waals surface area contributed by atoms with E-state index in [1.807, 2.05) is 0 Å². The number of rotatable bonds is 5. The van der Waals surface area contributed by atoms with Gasteiger partial charge in [0, 0.05) is 25.2 Å². The molecule has 1 aliphatic rings. The van der Waals surface area contributed by atoms with Gasteiger partial charge in [0.1, 0.15) is 4.90 Å². The molecule has 1 aliphatic heterocycles. The Hall–Kier alpha value is -1.35. The lowest BCUT2D eigenvalue weighted by molar-refractivity contribution is 0.0824. The monoisotopic (exact) mass is 375 g/mol. The van der Waals surface area contributed by atoms with Crippen LogP contribution in [-0.4, -0.2) is 59.6 Å². The van der Waals surface area contributed by atoms with E-state index in [1.54, 1.807) is 14.1 Å². The van der Waals surface area contributed by atoms with Crippen molar-refractivity contribution in [3.63, 3.8) is 0 Å². The third-order valence-electron chi connectivity index (χ3n) is 3.81. The Morgan fingerprint density at radius 2 is 1.96 bits per heavy atom. The Balaban J connectivity index is 2.46. The van der Waals surface area contributed by atoms with Gasteiger partial charge in [0.15, 0.2) is 5.75 Å². The fraction of sp³-hybridized carbons (Fsp3) is 0.533. The minimum Gasteiger partial charge on any atom is -0.494 e. The zero-order chi connectivity index (χ0) is 17.9. The van der Waals surface area contributed by atoms with Crippen LogP contribution in [0.25, 0.3) is 0 Å². The van der Waals surface area contributed by atoms with Crippen LogP contribution >= 0.6 is 11.6 Å². The Kier molecular flexibility index (Phi) is 6.08. The van der Waals surface area contributed by atoms with Crippen LogP contribution in [0.2, 0.25) is 5.02 Å². The number of hydrogen-bond donors (Lipinski definition) is 2. The molecule has 0 spiro atoms. The molecule has 1 aromatic carbocycles. The SMILES string of the molecule is COc1c(C(=O)N(C)C)cc(Cl)cc1S(=O)(=O)NC1CCNCC1. The van der Waals surface area contributed by atoms with E-state index in [2.05, 4.69) is 10.0 Å². The van der Waals surface area contributed by atoms with E-state index in [1.165, 1.54) is 24.1 Å². The molecule has 1 aromatic rings. The lowest BCUT2D eigenvalue weighted by Gasteiger charge is -2.24. The molecule has 134 valence electrons. The minimum absolute atomic E-state index is 0.000431. The van der Waals surface area contributed by atoms with E-state index in [0.717, 1.165) is 13.1 Å². The molecule has 1 amide bonds. The lowest BCUT2D eigenvalue weighted by Crippen LogP contribution is -2.42. The molecule has 0 radical (unpaired) electrons. The van der Waals surface area contributed by atoms with Crippen LogP contribution in [0.4, 0.5) is 0 Å². The first-order valence-electron chi connectivity index (χ1n) is 7.58. The number of halogens is 1. The van der Waals surface area contributed by atoms with E-state index in [9.17, 15) is 13.2 Å². The minimum atomic E-state index is -3.86. The van der Waals surface area contributed by atoms with Crippen LogP contribution in [0.1, 0.15) is 23.2 Å². The van der Waals surface area contributed by atoms with Crippen molar-refractivity contribution in [1.82, 2.24) is 14.9 Å². The fourth-order valence-corrected chi connectivity index (χ4v) is 4.41. The molecule has 0 bridgehead atoms. The molecule has 0 saturated carbocycles. The smallest absolute Gasteiger partial charge is 0.257 e. The lowest BCUT2D eigenvalue weighted by atomic mass is 10.1. The maximum absolute atomic E-state index is 12.8. The summed E-state index contributed by atoms with van der Waals surface area (Å²) in [6, 6.07) is 2.55. The first-order valence-corrected chi connectivity index (χ1v) is 9.44. The van der Waals surface area contributed by atoms with Gasteiger partial charge in [0.05, 0.1) is 12.7 Å². The first-order chi connectivity index (χ1) is 11.3. The van der Waals surface area contributed by atoms with Gasteiger partial charge in [-0.25, -0.2) is 13.1 Å². The van der Waals surface area contributed by atoms with Gasteiger partial charge >= 0.3 is 0 Å². The number of nitrogens with one attached hydrogen (secondary N) is 2. The van der Waals surface area contributed by atoms with Crippen LogP contribution in [0.15, 0.2) is 17.0 Å². The van der Waals surface area contributed by atoms with Crippen molar-refractivity contribution in [2.45, 2.75) is 23.8 Å². The summed E-state index contributed by atoms with van der Waals surface area (Å²) >= 11 is 6.05. The molecule has 9 heteroatoms. The van der Waals surface area contributed by atoms with E-state index >= 15 is 0 Å². The second-order valence-corrected chi connectivity index (χ2v) is 7.95. The molecule has 0 unspecified atom stereocenters. The molecular formula is C15H22ClN3O4S. The summed E-state index contributed by atoms with van der Waals surface area (Å²) in [6.45, 7) is 1.51. The maximum Gasteiger partial charge on any atom is 0.257 e. The summed E-state index contributed by atoms with van der Waals surface area (Å²) in [4.78, 5) is 13.5. The van der Waals surface area contributed by atoms with E-state index in [-0.39, 0.29) is 33.2 Å². The summed E-state index contributed by atoms with van der Waals surface area (Å²) in [7, 11) is 0.615. The summed E-state index contributed by atoms with van der Waals surface area (Å²) in [5.41, 5.74) is 0.112. The zero-order valence-corrected chi connectivity index (χ0v) is 15.5. The number of benzene rings is 1. The largest absolute Gasteiger partial charge is 0.494 e. The van der Waals surface area contributed by atoms with Crippen LogP contribution in [0.5, 0.6) is 5.75 Å². The van der Waals surface area contributed by atoms with Crippen LogP contribution in [-0.2, 0) is 10.0 Å². The number of hydrogen-bond acceptors (Lipinski definition) is 5. The van der Waals surface area contributed by atoms with Gasteiger partial charge in [0.2, 0.25) is 10.0 Å². The molecular weight excluding hydrogens is 354 g/mol. The molecule has 2 rings (SSSR count). The van der Waals surface area contributed by atoms with Crippen molar-refractivity contribution in [3.05, 3.63) is 22.7 Å². The molecule has 1 fully saturated rings. The molecule has 2 N–H and O–H groups in total. The second kappa shape index (κ2) is 7.69. The molecule has 0 atom stereocenters. The summed E-state index contributed by atoms with van der Waals surface area (Å²) in [5.74, 6) is -0.382. The predicted molar refractivity (Wildman–Crippen MR) is 92.2 cm³/mol. The number of nitrogens with zero attached hydrogens (tertiary/aromatic N) is 1. The Morgan fingerprint density at radius 1 is 1.33 bits per heavy atom. The average molecular weight is 376 g/mol. The summed E-state index contributed by atoms with van der Waals surface area (Å²) in [6.07, 6.45) is 1.40. The highest BCUT2D eigenvalue weighted by Crippen LogP contribution is 2.32. The van der Waals surface area contributed by atoms with E-state index in [0.29, 0.717) is 12.8 Å². The molecule has 24 heavy (non-hydrogen) atoms. The predicted octanol–water partition coefficient (Wildman–Crippen LogP) is 1.08. The molecule has 1 heterocycles. The number of ether oxygens (including phenoxy) is 1. The van der Waals surface area contributed by atoms with Gasteiger partial charge < -0.3 is 15.0 Å². The van der Waals surface area contributed by atoms with Gasteiger partial charge in [-0.15, -0.1) is 0 Å². The third-order valence-corrected chi connectivity index (χ3v) is 5.55. The van der Waals surface area contributed by atoms with E-state index in [4.69, 9.17) is 16.3 Å². The van der Waals surface area contributed by atoms with E-state index < -0.39 is 10.0 Å². The highest BCUT2D eigenvalue weighted by molar-refractivity contribution is 7.89. The van der Waals surface area contributed by atoms with Crippen molar-refractivity contribution in [2.24, 2.45) is 0 Å². The standard InChI is InChI=1S/C15H22ClN3O4S/c1-19(2)15(20)12-8-10(16)9-13(14(12)23-3)24(21,22)18-11-4-6-17-7-5-11/h8-9,11,17-18H,4-7H2,1-3H3. The highest BCUT2D eigenvalue weighted by Gasteiger charge is 2.29. The number of sulfonamides is 1. The van der Waals surface area contributed by atoms with Crippen LogP contribution < -0.4 is 14.8 Å². The van der Waals surface area contributed by atoms with Gasteiger partial charge in [-0.2, -0.15) is 0 Å². The quantitative estimate of drug-likeness (QED) is 0.804. The molecule has 1 saturated heterocycles. The maximum atomic E-state index is 12.8. The Bertz CT molecular complexity index is 716. The van der Waals surface area contributed by atoms with Gasteiger partial charge in [-0.3, -0.25) is 4.79 Å². The van der Waals surface area contributed by atoms with Crippen molar-refractivity contribution < 1.29 is 17.9 Å². The molecule has 0 aliphatic carbocycles. The zero-order valence-electron chi connectivity index (χ0n) is 13.9. The molecule has 7 nitrogen and oxygen atoms in total. The van der Waals surface area contributed by atoms with Crippen LogP contribution in [0, 0.1) is 0 Å². The number of carbonyl (C=O) groups is 1. The third kappa shape index (κ3) is 4.18. The van der Waals surface area contributed by atoms with Gasteiger partial charge in [0.25, 0.3) is 5.91 Å². The van der Waals surface area contributed by atoms with Gasteiger partial charge in [-0.1, -0.05) is 11.6 Å². The van der Waals surface area contributed by atoms with Crippen LogP contribution in [0.3, 0.4) is 0 Å². The summed E-state index contributed by atoms with van der Waals surface area (Å²) < 4.78 is 33.5. The van der Waals surface area contributed by atoms with Crippen molar-refractivity contribution in [2.75, 3.05) is 34.3 Å². The number of piperidine rings is 1.